The Morgan fingerprint density at radius 3 is 2.75 bits per heavy atom. The lowest BCUT2D eigenvalue weighted by molar-refractivity contribution is -0.140. The Hall–Kier alpha value is -1.39. The number of carboxylic acids is 1. The maximum absolute atomic E-state index is 11.2. The van der Waals surface area contributed by atoms with E-state index in [0.717, 1.165) is 18.5 Å². The Morgan fingerprint density at radius 2 is 2.15 bits per heavy atom. The van der Waals surface area contributed by atoms with Crippen molar-refractivity contribution < 1.29 is 14.6 Å². The van der Waals surface area contributed by atoms with E-state index in [1.165, 1.54) is 0 Å². The molecule has 1 aromatic carbocycles. The van der Waals surface area contributed by atoms with Crippen LogP contribution in [0.15, 0.2) is 30.3 Å². The standard InChI is InChI=1S/C16H23NO3/c1-3-14-11-20-12(2)10-17(14)15(9-16(18)19)13-7-5-4-6-8-13/h4-8,12,14-15H,3,9-11H2,1-2H3,(H,18,19). The molecule has 4 heteroatoms. The molecule has 1 aromatic rings. The van der Waals surface area contributed by atoms with Crippen molar-refractivity contribution >= 4 is 5.97 Å². The van der Waals surface area contributed by atoms with Gasteiger partial charge in [-0.05, 0) is 18.9 Å². The van der Waals surface area contributed by atoms with Crippen molar-refractivity contribution in [3.05, 3.63) is 35.9 Å². The third-order valence-electron chi connectivity index (χ3n) is 3.93. The van der Waals surface area contributed by atoms with E-state index in [9.17, 15) is 9.90 Å². The first-order valence-electron chi connectivity index (χ1n) is 7.26. The molecule has 3 unspecified atom stereocenters. The summed E-state index contributed by atoms with van der Waals surface area (Å²) in [6.07, 6.45) is 1.25. The summed E-state index contributed by atoms with van der Waals surface area (Å²) in [5.74, 6) is -0.757. The Morgan fingerprint density at radius 1 is 1.45 bits per heavy atom. The van der Waals surface area contributed by atoms with Gasteiger partial charge in [0.2, 0.25) is 0 Å². The van der Waals surface area contributed by atoms with E-state index in [4.69, 9.17) is 4.74 Å². The molecule has 2 rings (SSSR count). The number of benzene rings is 1. The Bertz CT molecular complexity index is 435. The maximum Gasteiger partial charge on any atom is 0.305 e. The molecule has 20 heavy (non-hydrogen) atoms. The van der Waals surface area contributed by atoms with Crippen molar-refractivity contribution in [2.24, 2.45) is 0 Å². The molecule has 0 aromatic heterocycles. The van der Waals surface area contributed by atoms with E-state index in [0.29, 0.717) is 6.61 Å². The van der Waals surface area contributed by atoms with Crippen LogP contribution in [0, 0.1) is 0 Å². The topological polar surface area (TPSA) is 49.8 Å². The summed E-state index contributed by atoms with van der Waals surface area (Å²) in [4.78, 5) is 13.5. The highest BCUT2D eigenvalue weighted by molar-refractivity contribution is 5.68. The van der Waals surface area contributed by atoms with Gasteiger partial charge in [0.1, 0.15) is 0 Å². The third kappa shape index (κ3) is 3.58. The number of hydrogen-bond donors (Lipinski definition) is 1. The molecule has 110 valence electrons. The van der Waals surface area contributed by atoms with Gasteiger partial charge in [0.15, 0.2) is 0 Å². The van der Waals surface area contributed by atoms with Crippen molar-refractivity contribution in [1.29, 1.82) is 0 Å². The van der Waals surface area contributed by atoms with Gasteiger partial charge in [-0.1, -0.05) is 37.3 Å². The summed E-state index contributed by atoms with van der Waals surface area (Å²) < 4.78 is 5.71. The van der Waals surface area contributed by atoms with Crippen molar-refractivity contribution in [2.75, 3.05) is 13.2 Å². The molecule has 0 saturated carbocycles. The zero-order valence-corrected chi connectivity index (χ0v) is 12.2. The van der Waals surface area contributed by atoms with E-state index in [-0.39, 0.29) is 24.6 Å². The fourth-order valence-corrected chi connectivity index (χ4v) is 2.87. The highest BCUT2D eigenvalue weighted by atomic mass is 16.5. The van der Waals surface area contributed by atoms with Gasteiger partial charge in [0, 0.05) is 18.6 Å². The first-order chi connectivity index (χ1) is 9.61. The molecule has 1 aliphatic heterocycles. The van der Waals surface area contributed by atoms with Crippen LogP contribution < -0.4 is 0 Å². The normalized spacial score (nSPS) is 25.3. The minimum Gasteiger partial charge on any atom is -0.481 e. The van der Waals surface area contributed by atoms with Crippen LogP contribution in [0.4, 0.5) is 0 Å². The number of hydrogen-bond acceptors (Lipinski definition) is 3. The molecule has 1 aliphatic rings. The van der Waals surface area contributed by atoms with Gasteiger partial charge in [0.05, 0.1) is 19.1 Å². The predicted molar refractivity (Wildman–Crippen MR) is 77.6 cm³/mol. The average molecular weight is 277 g/mol. The van der Waals surface area contributed by atoms with Gasteiger partial charge in [0.25, 0.3) is 0 Å². The number of carbonyl (C=O) groups is 1. The molecule has 1 heterocycles. The van der Waals surface area contributed by atoms with Gasteiger partial charge in [-0.2, -0.15) is 0 Å². The molecule has 0 radical (unpaired) electrons. The quantitative estimate of drug-likeness (QED) is 0.899. The molecule has 3 atom stereocenters. The van der Waals surface area contributed by atoms with Crippen LogP contribution in [0.25, 0.3) is 0 Å². The van der Waals surface area contributed by atoms with Crippen LogP contribution in [0.3, 0.4) is 0 Å². The summed E-state index contributed by atoms with van der Waals surface area (Å²) in [7, 11) is 0. The smallest absolute Gasteiger partial charge is 0.305 e. The number of nitrogens with zero attached hydrogens (tertiary/aromatic N) is 1. The lowest BCUT2D eigenvalue weighted by Gasteiger charge is -2.43. The number of ether oxygens (including phenoxy) is 1. The monoisotopic (exact) mass is 277 g/mol. The largest absolute Gasteiger partial charge is 0.481 e. The van der Waals surface area contributed by atoms with Crippen LogP contribution in [-0.2, 0) is 9.53 Å². The second-order valence-electron chi connectivity index (χ2n) is 5.43. The number of morpholine rings is 1. The second-order valence-corrected chi connectivity index (χ2v) is 5.43. The van der Waals surface area contributed by atoms with E-state index in [1.807, 2.05) is 37.3 Å². The lowest BCUT2D eigenvalue weighted by atomic mass is 9.98. The second kappa shape index (κ2) is 6.86. The molecule has 1 N–H and O–H groups in total. The number of aliphatic carboxylic acids is 1. The van der Waals surface area contributed by atoms with Gasteiger partial charge >= 0.3 is 5.97 Å². The summed E-state index contributed by atoms with van der Waals surface area (Å²) in [5.41, 5.74) is 1.07. The van der Waals surface area contributed by atoms with Crippen LogP contribution in [0.2, 0.25) is 0 Å². The van der Waals surface area contributed by atoms with E-state index < -0.39 is 5.97 Å². The minimum absolute atomic E-state index is 0.0787. The zero-order chi connectivity index (χ0) is 14.5. The Kier molecular flexibility index (Phi) is 5.15. The molecule has 0 bridgehead atoms. The van der Waals surface area contributed by atoms with Gasteiger partial charge in [-0.25, -0.2) is 0 Å². The molecule has 1 saturated heterocycles. The van der Waals surface area contributed by atoms with Gasteiger partial charge in [-0.3, -0.25) is 9.69 Å². The number of carboxylic acid groups (broad SMARTS) is 1. The molecular weight excluding hydrogens is 254 g/mol. The lowest BCUT2D eigenvalue weighted by Crippen LogP contribution is -2.50. The van der Waals surface area contributed by atoms with Crippen LogP contribution >= 0.6 is 0 Å². The highest BCUT2D eigenvalue weighted by Gasteiger charge is 2.33. The molecule has 1 fully saturated rings. The fourth-order valence-electron chi connectivity index (χ4n) is 2.87. The SMILES string of the molecule is CCC1COC(C)CN1C(CC(=O)O)c1ccccc1. The van der Waals surface area contributed by atoms with Crippen LogP contribution in [0.5, 0.6) is 0 Å². The van der Waals surface area contributed by atoms with Crippen LogP contribution in [0.1, 0.15) is 38.3 Å². The van der Waals surface area contributed by atoms with Crippen molar-refractivity contribution in [3.8, 4) is 0 Å². The van der Waals surface area contributed by atoms with Crippen molar-refractivity contribution in [1.82, 2.24) is 4.90 Å². The molecule has 0 amide bonds. The minimum atomic E-state index is -0.757. The predicted octanol–water partition coefficient (Wildman–Crippen LogP) is 2.70. The fraction of sp³-hybridized carbons (Fsp3) is 0.562. The Labute approximate surface area is 120 Å². The van der Waals surface area contributed by atoms with E-state index >= 15 is 0 Å². The molecule has 0 aliphatic carbocycles. The van der Waals surface area contributed by atoms with E-state index in [1.54, 1.807) is 0 Å². The summed E-state index contributed by atoms with van der Waals surface area (Å²) in [6.45, 7) is 5.63. The zero-order valence-electron chi connectivity index (χ0n) is 12.2. The molecule has 0 spiro atoms. The third-order valence-corrected chi connectivity index (χ3v) is 3.93. The Balaban J connectivity index is 2.26. The highest BCUT2D eigenvalue weighted by Crippen LogP contribution is 2.30. The van der Waals surface area contributed by atoms with Crippen molar-refractivity contribution in [3.63, 3.8) is 0 Å². The summed E-state index contributed by atoms with van der Waals surface area (Å²) in [6, 6.07) is 10.1. The first-order valence-corrected chi connectivity index (χ1v) is 7.26. The van der Waals surface area contributed by atoms with E-state index in [2.05, 4.69) is 11.8 Å². The van der Waals surface area contributed by atoms with Crippen LogP contribution in [-0.4, -0.2) is 41.3 Å². The van der Waals surface area contributed by atoms with Gasteiger partial charge in [-0.15, -0.1) is 0 Å². The maximum atomic E-state index is 11.2. The number of rotatable bonds is 5. The molecule has 4 nitrogen and oxygen atoms in total. The first kappa shape index (κ1) is 15.0. The van der Waals surface area contributed by atoms with Gasteiger partial charge < -0.3 is 9.84 Å². The summed E-state index contributed by atoms with van der Waals surface area (Å²) >= 11 is 0. The average Bonchev–Trinajstić information content (AvgIpc) is 2.45. The van der Waals surface area contributed by atoms with Crippen molar-refractivity contribution in [2.45, 2.75) is 44.9 Å². The summed E-state index contributed by atoms with van der Waals surface area (Å²) in [5, 5.41) is 9.24. The molecular formula is C16H23NO3.